The Labute approximate surface area is 148 Å². The number of piperidine rings is 1. The maximum atomic E-state index is 9.75. The Morgan fingerprint density at radius 1 is 1.00 bits per heavy atom. The Balaban J connectivity index is 1.59. The maximum Gasteiger partial charge on any atom is 0.135 e. The van der Waals surface area contributed by atoms with E-state index in [1.165, 1.54) is 24.8 Å². The van der Waals surface area contributed by atoms with Gasteiger partial charge in [-0.05, 0) is 37.1 Å². The van der Waals surface area contributed by atoms with Crippen molar-refractivity contribution >= 4 is 11.0 Å². The van der Waals surface area contributed by atoms with E-state index in [1.54, 1.807) is 0 Å². The summed E-state index contributed by atoms with van der Waals surface area (Å²) in [5.74, 6) is 0.770. The van der Waals surface area contributed by atoms with Gasteiger partial charge in [-0.2, -0.15) is 0 Å². The van der Waals surface area contributed by atoms with Gasteiger partial charge >= 0.3 is 0 Å². The van der Waals surface area contributed by atoms with Crippen LogP contribution in [0.25, 0.3) is 11.0 Å². The van der Waals surface area contributed by atoms with Crippen LogP contribution in [0.4, 0.5) is 0 Å². The second kappa shape index (κ2) is 7.38. The summed E-state index contributed by atoms with van der Waals surface area (Å²) in [4.78, 5) is 7.19. The summed E-state index contributed by atoms with van der Waals surface area (Å²) < 4.78 is 2.21. The van der Waals surface area contributed by atoms with Crippen molar-refractivity contribution in [2.24, 2.45) is 0 Å². The van der Waals surface area contributed by atoms with Gasteiger partial charge in [0.2, 0.25) is 0 Å². The molecule has 3 aromatic rings. The number of imidazole rings is 1. The normalized spacial score (nSPS) is 18.7. The topological polar surface area (TPSA) is 41.3 Å². The highest BCUT2D eigenvalue weighted by molar-refractivity contribution is 5.75. The molecule has 25 heavy (non-hydrogen) atoms. The van der Waals surface area contributed by atoms with E-state index in [0.717, 1.165) is 36.5 Å². The molecule has 1 aliphatic heterocycles. The van der Waals surface area contributed by atoms with Gasteiger partial charge in [0, 0.05) is 19.1 Å². The van der Waals surface area contributed by atoms with Crippen LogP contribution >= 0.6 is 0 Å². The van der Waals surface area contributed by atoms with Crippen molar-refractivity contribution in [1.29, 1.82) is 0 Å². The van der Waals surface area contributed by atoms with E-state index in [4.69, 9.17) is 0 Å². The molecule has 130 valence electrons. The molecule has 4 heteroatoms. The molecule has 0 bridgehead atoms. The fourth-order valence-electron chi connectivity index (χ4n) is 3.95. The molecular weight excluding hydrogens is 310 g/mol. The van der Waals surface area contributed by atoms with E-state index in [9.17, 15) is 5.11 Å². The summed E-state index contributed by atoms with van der Waals surface area (Å²) in [6.07, 6.45) is 3.74. The summed E-state index contributed by atoms with van der Waals surface area (Å²) >= 11 is 0. The van der Waals surface area contributed by atoms with Gasteiger partial charge in [0.05, 0.1) is 11.0 Å². The Hall–Kier alpha value is -2.17. The largest absolute Gasteiger partial charge is 0.388 e. The number of rotatable bonds is 5. The average molecular weight is 335 g/mol. The highest BCUT2D eigenvalue weighted by atomic mass is 16.3. The molecule has 1 atom stereocenters. The van der Waals surface area contributed by atoms with Crippen LogP contribution in [0.1, 0.15) is 30.7 Å². The van der Waals surface area contributed by atoms with Gasteiger partial charge in [0.25, 0.3) is 0 Å². The molecule has 1 aliphatic rings. The third-order valence-corrected chi connectivity index (χ3v) is 5.25. The zero-order chi connectivity index (χ0) is 17.1. The monoisotopic (exact) mass is 335 g/mol. The fourth-order valence-corrected chi connectivity index (χ4v) is 3.95. The van der Waals surface area contributed by atoms with Crippen LogP contribution in [0.5, 0.6) is 0 Å². The highest BCUT2D eigenvalue weighted by Gasteiger charge is 2.24. The Morgan fingerprint density at radius 3 is 2.64 bits per heavy atom. The Bertz CT molecular complexity index is 828. The number of fused-ring (bicyclic) bond motifs is 1. The minimum Gasteiger partial charge on any atom is -0.388 e. The first kappa shape index (κ1) is 16.3. The molecular formula is C21H25N3O. The second-order valence-corrected chi connectivity index (χ2v) is 6.89. The van der Waals surface area contributed by atoms with E-state index in [2.05, 4.69) is 50.8 Å². The van der Waals surface area contributed by atoms with Gasteiger partial charge in [0.15, 0.2) is 0 Å². The number of nitrogens with zero attached hydrogens (tertiary/aromatic N) is 3. The molecule has 1 N–H and O–H groups in total. The summed E-state index contributed by atoms with van der Waals surface area (Å²) in [6, 6.07) is 19.4. The van der Waals surface area contributed by atoms with E-state index >= 15 is 0 Å². The number of benzene rings is 2. The predicted octanol–water partition coefficient (Wildman–Crippen LogP) is 3.58. The highest BCUT2D eigenvalue weighted by Crippen LogP contribution is 2.24. The predicted molar refractivity (Wildman–Crippen MR) is 100 cm³/mol. The van der Waals surface area contributed by atoms with Crippen molar-refractivity contribution in [2.45, 2.75) is 45.0 Å². The smallest absolute Gasteiger partial charge is 0.135 e. The third-order valence-electron chi connectivity index (χ3n) is 5.25. The van der Waals surface area contributed by atoms with Crippen LogP contribution in [0.3, 0.4) is 0 Å². The molecule has 0 radical (unpaired) electrons. The molecule has 2 heterocycles. The minimum atomic E-state index is -0.0138. The molecule has 1 aromatic heterocycles. The van der Waals surface area contributed by atoms with Crippen LogP contribution in [0.2, 0.25) is 0 Å². The van der Waals surface area contributed by atoms with Crippen LogP contribution in [0, 0.1) is 0 Å². The zero-order valence-corrected chi connectivity index (χ0v) is 14.5. The molecule has 4 nitrogen and oxygen atoms in total. The van der Waals surface area contributed by atoms with Gasteiger partial charge in [-0.3, -0.25) is 4.90 Å². The molecule has 2 aromatic carbocycles. The number of likely N-dealkylation sites (tertiary alicyclic amines) is 1. The van der Waals surface area contributed by atoms with Crippen LogP contribution in [-0.2, 0) is 19.7 Å². The maximum absolute atomic E-state index is 9.75. The summed E-state index contributed by atoms with van der Waals surface area (Å²) in [7, 11) is 0. The van der Waals surface area contributed by atoms with Crippen molar-refractivity contribution in [3.63, 3.8) is 0 Å². The van der Waals surface area contributed by atoms with Gasteiger partial charge < -0.3 is 9.67 Å². The number of hydrogen-bond donors (Lipinski definition) is 1. The number of para-hydroxylation sites is 2. The number of hydrogen-bond acceptors (Lipinski definition) is 3. The molecule has 1 saturated heterocycles. The van der Waals surface area contributed by atoms with Gasteiger partial charge in [0.1, 0.15) is 12.4 Å². The van der Waals surface area contributed by atoms with E-state index in [1.807, 2.05) is 18.2 Å². The Kier molecular flexibility index (Phi) is 4.81. The van der Waals surface area contributed by atoms with Crippen molar-refractivity contribution in [1.82, 2.24) is 14.5 Å². The van der Waals surface area contributed by atoms with Gasteiger partial charge in [-0.25, -0.2) is 4.98 Å². The average Bonchev–Trinajstić information content (AvgIpc) is 3.02. The second-order valence-electron chi connectivity index (χ2n) is 6.89. The first-order valence-corrected chi connectivity index (χ1v) is 9.18. The molecule has 0 saturated carbocycles. The zero-order valence-electron chi connectivity index (χ0n) is 14.5. The molecule has 0 aliphatic carbocycles. The van der Waals surface area contributed by atoms with Crippen molar-refractivity contribution in [3.8, 4) is 0 Å². The first-order chi connectivity index (χ1) is 12.3. The molecule has 1 fully saturated rings. The lowest BCUT2D eigenvalue weighted by Crippen LogP contribution is -2.41. The third kappa shape index (κ3) is 3.46. The molecule has 0 amide bonds. The lowest BCUT2D eigenvalue weighted by atomic mass is 10.0. The molecule has 0 spiro atoms. The van der Waals surface area contributed by atoms with Crippen molar-refractivity contribution < 1.29 is 5.11 Å². The first-order valence-electron chi connectivity index (χ1n) is 9.18. The van der Waals surface area contributed by atoms with Crippen molar-refractivity contribution in [3.05, 3.63) is 66.0 Å². The Morgan fingerprint density at radius 2 is 1.80 bits per heavy atom. The molecule has 1 unspecified atom stereocenters. The van der Waals surface area contributed by atoms with E-state index < -0.39 is 0 Å². The lowest BCUT2D eigenvalue weighted by Gasteiger charge is -2.36. The fraction of sp³-hybridized carbons (Fsp3) is 0.381. The van der Waals surface area contributed by atoms with Crippen LogP contribution in [0.15, 0.2) is 54.6 Å². The van der Waals surface area contributed by atoms with Gasteiger partial charge in [-0.15, -0.1) is 0 Å². The quantitative estimate of drug-likeness (QED) is 0.775. The lowest BCUT2D eigenvalue weighted by molar-refractivity contribution is 0.123. The van der Waals surface area contributed by atoms with Crippen LogP contribution < -0.4 is 0 Å². The van der Waals surface area contributed by atoms with E-state index in [-0.39, 0.29) is 6.61 Å². The van der Waals surface area contributed by atoms with Crippen molar-refractivity contribution in [2.75, 3.05) is 6.54 Å². The standard InChI is InChI=1S/C21H25N3O/c25-16-21-22-19-11-4-5-12-20(19)24(21)15-18-10-6-7-13-23(18)14-17-8-2-1-3-9-17/h1-5,8-9,11-12,18,25H,6-7,10,13-16H2. The minimum absolute atomic E-state index is 0.0138. The summed E-state index contributed by atoms with van der Waals surface area (Å²) in [5, 5.41) is 9.75. The van der Waals surface area contributed by atoms with Gasteiger partial charge in [-0.1, -0.05) is 48.9 Å². The van der Waals surface area contributed by atoms with Crippen LogP contribution in [-0.4, -0.2) is 32.1 Å². The SMILES string of the molecule is OCc1nc2ccccc2n1CC1CCCCN1Cc1ccccc1. The summed E-state index contributed by atoms with van der Waals surface area (Å²) in [5.41, 5.74) is 3.46. The molecule has 4 rings (SSSR count). The summed E-state index contributed by atoms with van der Waals surface area (Å²) in [6.45, 7) is 3.01. The number of aromatic nitrogens is 2. The number of aliphatic hydroxyl groups excluding tert-OH is 1. The van der Waals surface area contributed by atoms with E-state index in [0.29, 0.717) is 6.04 Å². The number of aliphatic hydroxyl groups is 1.